The Morgan fingerprint density at radius 1 is 1.34 bits per heavy atom. The van der Waals surface area contributed by atoms with E-state index in [2.05, 4.69) is 15.3 Å². The number of hydrogen-bond acceptors (Lipinski definition) is 6. The number of carbonyl (C=O) groups excluding carboxylic acids is 1. The normalized spacial score (nSPS) is 26.5. The minimum absolute atomic E-state index is 0.146. The van der Waals surface area contributed by atoms with Crippen LogP contribution >= 0.6 is 11.3 Å². The topological polar surface area (TPSA) is 83.0 Å². The lowest BCUT2D eigenvalue weighted by atomic mass is 10.0. The standard InChI is InChI=1S/C16H23N3O2S.C2HF3O2/c1-11-10-22-15(17-11)9-18-7-12-5-13(21-14(12)8-18)6-16(20)19-3-2-4-19;3-2(4,5)1(6)7/h10,12-14H,2-9H2,1H3;(H,6,7)/t12-,13-,14+;/m0./s1. The molecular formula is C18H24F3N3O4S. The number of hydrogen-bond donors (Lipinski definition) is 1. The molecule has 7 nitrogen and oxygen atoms in total. The van der Waals surface area contributed by atoms with Gasteiger partial charge < -0.3 is 14.7 Å². The number of alkyl halides is 3. The third-order valence-electron chi connectivity index (χ3n) is 5.27. The number of nitrogens with zero attached hydrogens (tertiary/aromatic N) is 3. The molecule has 3 atom stereocenters. The van der Waals surface area contributed by atoms with Crippen LogP contribution in [0.1, 0.15) is 30.0 Å². The predicted octanol–water partition coefficient (Wildman–Crippen LogP) is 2.30. The van der Waals surface area contributed by atoms with E-state index in [9.17, 15) is 18.0 Å². The number of likely N-dealkylation sites (tertiary alicyclic amines) is 2. The maximum atomic E-state index is 12.0. The van der Waals surface area contributed by atoms with Crippen molar-refractivity contribution >= 4 is 23.2 Å². The van der Waals surface area contributed by atoms with Crippen LogP contribution in [0.4, 0.5) is 13.2 Å². The van der Waals surface area contributed by atoms with E-state index in [0.717, 1.165) is 51.3 Å². The molecule has 1 aromatic rings. The fraction of sp³-hybridized carbons (Fsp3) is 0.722. The molecular weight excluding hydrogens is 411 g/mol. The number of aromatic nitrogens is 1. The van der Waals surface area contributed by atoms with Crippen molar-refractivity contribution < 1.29 is 32.6 Å². The number of aliphatic carboxylic acids is 1. The van der Waals surface area contributed by atoms with Gasteiger partial charge in [-0.25, -0.2) is 9.78 Å². The molecule has 0 unspecified atom stereocenters. The van der Waals surface area contributed by atoms with Crippen LogP contribution in [0.5, 0.6) is 0 Å². The Bertz CT molecular complexity index is 724. The first-order valence-corrected chi connectivity index (χ1v) is 10.4. The molecule has 4 heterocycles. The third-order valence-corrected chi connectivity index (χ3v) is 6.22. The van der Waals surface area contributed by atoms with Crippen molar-refractivity contribution in [2.24, 2.45) is 5.92 Å². The monoisotopic (exact) mass is 435 g/mol. The van der Waals surface area contributed by atoms with Gasteiger partial charge in [0, 0.05) is 43.2 Å². The van der Waals surface area contributed by atoms with Gasteiger partial charge in [-0.1, -0.05) is 0 Å². The maximum Gasteiger partial charge on any atom is 0.490 e. The highest BCUT2D eigenvalue weighted by Crippen LogP contribution is 2.35. The molecule has 0 saturated carbocycles. The molecule has 0 radical (unpaired) electrons. The molecule has 162 valence electrons. The number of thiazole rings is 1. The first kappa shape index (κ1) is 22.0. The number of carbonyl (C=O) groups is 2. The summed E-state index contributed by atoms with van der Waals surface area (Å²) in [6.45, 7) is 6.93. The zero-order chi connectivity index (χ0) is 21.2. The molecule has 3 aliphatic heterocycles. The van der Waals surface area contributed by atoms with Crippen molar-refractivity contribution in [3.05, 3.63) is 16.1 Å². The zero-order valence-corrected chi connectivity index (χ0v) is 16.8. The molecule has 1 amide bonds. The van der Waals surface area contributed by atoms with E-state index in [4.69, 9.17) is 14.6 Å². The maximum absolute atomic E-state index is 12.0. The number of carboxylic acid groups (broad SMARTS) is 1. The van der Waals surface area contributed by atoms with Crippen molar-refractivity contribution in [1.29, 1.82) is 0 Å². The second-order valence-corrected chi connectivity index (χ2v) is 8.55. The summed E-state index contributed by atoms with van der Waals surface area (Å²) in [6, 6.07) is 0. The summed E-state index contributed by atoms with van der Waals surface area (Å²) in [5.74, 6) is -1.88. The summed E-state index contributed by atoms with van der Waals surface area (Å²) < 4.78 is 37.9. The largest absolute Gasteiger partial charge is 0.490 e. The summed E-state index contributed by atoms with van der Waals surface area (Å²) in [6.07, 6.45) is -1.84. The Labute approximate surface area is 170 Å². The Kier molecular flexibility index (Phi) is 6.79. The minimum atomic E-state index is -5.08. The smallest absolute Gasteiger partial charge is 0.475 e. The first-order valence-electron chi connectivity index (χ1n) is 9.48. The molecule has 3 fully saturated rings. The second-order valence-electron chi connectivity index (χ2n) is 7.61. The number of fused-ring (bicyclic) bond motifs is 1. The zero-order valence-electron chi connectivity index (χ0n) is 16.0. The minimum Gasteiger partial charge on any atom is -0.475 e. The van der Waals surface area contributed by atoms with Crippen LogP contribution in [-0.4, -0.2) is 76.3 Å². The number of rotatable bonds is 4. The summed E-state index contributed by atoms with van der Waals surface area (Å²) in [4.78, 5) is 29.9. The molecule has 29 heavy (non-hydrogen) atoms. The van der Waals surface area contributed by atoms with Crippen LogP contribution in [0.2, 0.25) is 0 Å². The van der Waals surface area contributed by atoms with Crippen LogP contribution in [0, 0.1) is 12.8 Å². The highest BCUT2D eigenvalue weighted by Gasteiger charge is 2.43. The lowest BCUT2D eigenvalue weighted by Crippen LogP contribution is -2.43. The molecule has 0 spiro atoms. The van der Waals surface area contributed by atoms with Gasteiger partial charge in [0.25, 0.3) is 0 Å². The highest BCUT2D eigenvalue weighted by molar-refractivity contribution is 7.09. The van der Waals surface area contributed by atoms with Gasteiger partial charge in [0.15, 0.2) is 0 Å². The van der Waals surface area contributed by atoms with Crippen molar-refractivity contribution in [2.75, 3.05) is 26.2 Å². The van der Waals surface area contributed by atoms with Gasteiger partial charge in [-0.2, -0.15) is 13.2 Å². The van der Waals surface area contributed by atoms with E-state index in [-0.39, 0.29) is 12.0 Å². The Morgan fingerprint density at radius 2 is 2.03 bits per heavy atom. The van der Waals surface area contributed by atoms with Crippen molar-refractivity contribution in [3.8, 4) is 0 Å². The predicted molar refractivity (Wildman–Crippen MR) is 98.4 cm³/mol. The number of halogens is 3. The van der Waals surface area contributed by atoms with Gasteiger partial charge in [0.2, 0.25) is 5.91 Å². The summed E-state index contributed by atoms with van der Waals surface area (Å²) in [5.41, 5.74) is 1.11. The fourth-order valence-electron chi connectivity index (χ4n) is 3.76. The lowest BCUT2D eigenvalue weighted by molar-refractivity contribution is -0.192. The van der Waals surface area contributed by atoms with Gasteiger partial charge in [0.05, 0.1) is 25.2 Å². The third kappa shape index (κ3) is 5.89. The average Bonchev–Trinajstić information content (AvgIpc) is 3.20. The van der Waals surface area contributed by atoms with Crippen LogP contribution in [-0.2, 0) is 20.9 Å². The van der Waals surface area contributed by atoms with E-state index >= 15 is 0 Å². The number of aryl methyl sites for hydroxylation is 1. The number of ether oxygens (including phenoxy) is 1. The van der Waals surface area contributed by atoms with Crippen molar-refractivity contribution in [3.63, 3.8) is 0 Å². The number of carboxylic acids is 1. The van der Waals surface area contributed by atoms with Crippen LogP contribution in [0.25, 0.3) is 0 Å². The lowest BCUT2D eigenvalue weighted by Gasteiger charge is -2.31. The molecule has 3 aliphatic rings. The molecule has 4 rings (SSSR count). The number of amides is 1. The van der Waals surface area contributed by atoms with Crippen LogP contribution in [0.3, 0.4) is 0 Å². The van der Waals surface area contributed by atoms with Gasteiger partial charge >= 0.3 is 12.1 Å². The molecule has 1 N–H and O–H groups in total. The van der Waals surface area contributed by atoms with Gasteiger partial charge in [-0.05, 0) is 19.8 Å². The Morgan fingerprint density at radius 3 is 2.52 bits per heavy atom. The quantitative estimate of drug-likeness (QED) is 0.782. The SMILES string of the molecule is Cc1csc(CN2C[C@@H]3C[C@@H](CC(=O)N4CCC4)O[C@@H]3C2)n1.O=C(O)C(F)(F)F. The van der Waals surface area contributed by atoms with Crippen molar-refractivity contribution in [2.45, 2.75) is 51.1 Å². The van der Waals surface area contributed by atoms with E-state index in [1.807, 2.05) is 11.8 Å². The van der Waals surface area contributed by atoms with E-state index < -0.39 is 12.1 Å². The molecule has 0 aromatic carbocycles. The van der Waals surface area contributed by atoms with E-state index in [1.54, 1.807) is 11.3 Å². The molecule has 11 heteroatoms. The molecule has 0 aliphatic carbocycles. The molecule has 1 aromatic heterocycles. The summed E-state index contributed by atoms with van der Waals surface area (Å²) in [7, 11) is 0. The molecule has 0 bridgehead atoms. The second kappa shape index (κ2) is 8.97. The van der Waals surface area contributed by atoms with Crippen molar-refractivity contribution in [1.82, 2.24) is 14.8 Å². The fourth-order valence-corrected chi connectivity index (χ4v) is 4.58. The van der Waals surface area contributed by atoms with Gasteiger partial charge in [-0.3, -0.25) is 9.69 Å². The van der Waals surface area contributed by atoms with Crippen LogP contribution < -0.4 is 0 Å². The molecule has 3 saturated heterocycles. The first-order chi connectivity index (χ1) is 13.6. The summed E-state index contributed by atoms with van der Waals surface area (Å²) >= 11 is 1.74. The summed E-state index contributed by atoms with van der Waals surface area (Å²) in [5, 5.41) is 10.4. The van der Waals surface area contributed by atoms with Gasteiger partial charge in [-0.15, -0.1) is 11.3 Å². The average molecular weight is 435 g/mol. The van der Waals surface area contributed by atoms with E-state index in [1.165, 1.54) is 5.01 Å². The Hall–Kier alpha value is -1.72. The van der Waals surface area contributed by atoms with Crippen LogP contribution in [0.15, 0.2) is 5.38 Å². The highest BCUT2D eigenvalue weighted by atomic mass is 32.1. The van der Waals surface area contributed by atoms with Gasteiger partial charge in [0.1, 0.15) is 5.01 Å². The van der Waals surface area contributed by atoms with E-state index in [0.29, 0.717) is 18.4 Å². The Balaban J connectivity index is 0.000000298.